The molecule has 0 saturated carbocycles. The quantitative estimate of drug-likeness (QED) is 0.866. The van der Waals surface area contributed by atoms with Crippen LogP contribution in [0.3, 0.4) is 0 Å². The second kappa shape index (κ2) is 7.85. The summed E-state index contributed by atoms with van der Waals surface area (Å²) in [6, 6.07) is 4.02. The number of piperidine rings is 1. The van der Waals surface area contributed by atoms with E-state index >= 15 is 0 Å². The van der Waals surface area contributed by atoms with E-state index in [0.29, 0.717) is 25.2 Å². The van der Waals surface area contributed by atoms with Crippen LogP contribution in [0.25, 0.3) is 0 Å². The lowest BCUT2D eigenvalue weighted by atomic mass is 9.91. The summed E-state index contributed by atoms with van der Waals surface area (Å²) in [4.78, 5) is 37.9. The van der Waals surface area contributed by atoms with E-state index in [4.69, 9.17) is 0 Å². The molecule has 1 atom stereocenters. The van der Waals surface area contributed by atoms with Crippen LogP contribution in [0.5, 0.6) is 0 Å². The molecule has 1 aromatic carbocycles. The van der Waals surface area contributed by atoms with Gasteiger partial charge in [0.15, 0.2) is 0 Å². The van der Waals surface area contributed by atoms with Crippen LogP contribution in [0.4, 0.5) is 15.8 Å². The third-order valence-electron chi connectivity index (χ3n) is 4.27. The van der Waals surface area contributed by atoms with E-state index in [1.54, 1.807) is 4.90 Å². The zero-order valence-electron chi connectivity index (χ0n) is 15.7. The summed E-state index contributed by atoms with van der Waals surface area (Å²) in [7, 11) is 0. The number of anilines is 2. The smallest absolute Gasteiger partial charge is 0.229 e. The first kappa shape index (κ1) is 19.9. The number of rotatable bonds is 3. The Kier molecular flexibility index (Phi) is 6.00. The maximum absolute atomic E-state index is 13.7. The van der Waals surface area contributed by atoms with Crippen LogP contribution in [0, 0.1) is 17.2 Å². The highest BCUT2D eigenvalue weighted by molar-refractivity contribution is 5.95. The molecule has 0 spiro atoms. The Bertz CT molecular complexity index is 712. The zero-order valence-corrected chi connectivity index (χ0v) is 15.7. The molecule has 7 heteroatoms. The molecule has 1 aliphatic rings. The molecule has 1 heterocycles. The Balaban J connectivity index is 2.05. The summed E-state index contributed by atoms with van der Waals surface area (Å²) in [5.41, 5.74) is -0.0642. The number of hydrogen-bond acceptors (Lipinski definition) is 3. The van der Waals surface area contributed by atoms with Gasteiger partial charge in [-0.1, -0.05) is 20.8 Å². The Hall–Kier alpha value is -2.44. The highest BCUT2D eigenvalue weighted by Crippen LogP contribution is 2.25. The van der Waals surface area contributed by atoms with E-state index in [-0.39, 0.29) is 23.4 Å². The van der Waals surface area contributed by atoms with E-state index in [9.17, 15) is 18.8 Å². The Morgan fingerprint density at radius 3 is 2.50 bits per heavy atom. The molecule has 1 unspecified atom stereocenters. The van der Waals surface area contributed by atoms with Crippen molar-refractivity contribution >= 4 is 29.1 Å². The second-order valence-electron chi connectivity index (χ2n) is 7.71. The third kappa shape index (κ3) is 5.03. The van der Waals surface area contributed by atoms with Gasteiger partial charge in [-0.2, -0.15) is 0 Å². The van der Waals surface area contributed by atoms with Crippen LogP contribution in [-0.4, -0.2) is 35.7 Å². The minimum atomic E-state index is -0.571. The summed E-state index contributed by atoms with van der Waals surface area (Å²) >= 11 is 0. The minimum Gasteiger partial charge on any atom is -0.341 e. The number of nitrogens with one attached hydrogen (secondary N) is 2. The van der Waals surface area contributed by atoms with Gasteiger partial charge in [-0.25, -0.2) is 4.39 Å². The molecule has 2 rings (SSSR count). The fourth-order valence-corrected chi connectivity index (χ4v) is 2.98. The topological polar surface area (TPSA) is 78.5 Å². The number of carbonyl (C=O) groups excluding carboxylic acids is 3. The predicted octanol–water partition coefficient (Wildman–Crippen LogP) is 3.01. The van der Waals surface area contributed by atoms with E-state index in [1.807, 2.05) is 20.8 Å². The highest BCUT2D eigenvalue weighted by atomic mass is 19.1. The fraction of sp³-hybridized carbons (Fsp3) is 0.526. The fourth-order valence-electron chi connectivity index (χ4n) is 2.98. The van der Waals surface area contributed by atoms with Crippen molar-refractivity contribution in [1.29, 1.82) is 0 Å². The molecule has 0 aromatic heterocycles. The van der Waals surface area contributed by atoms with E-state index in [1.165, 1.54) is 25.1 Å². The van der Waals surface area contributed by atoms with Gasteiger partial charge in [0.05, 0.1) is 11.6 Å². The van der Waals surface area contributed by atoms with Crippen LogP contribution in [0.15, 0.2) is 18.2 Å². The first-order valence-electron chi connectivity index (χ1n) is 8.75. The predicted molar refractivity (Wildman–Crippen MR) is 98.1 cm³/mol. The number of carbonyl (C=O) groups is 3. The van der Waals surface area contributed by atoms with Gasteiger partial charge in [-0.05, 0) is 31.0 Å². The lowest BCUT2D eigenvalue weighted by Crippen LogP contribution is -2.47. The average molecular weight is 363 g/mol. The van der Waals surface area contributed by atoms with Crippen LogP contribution < -0.4 is 10.6 Å². The van der Waals surface area contributed by atoms with Gasteiger partial charge in [-0.3, -0.25) is 14.4 Å². The number of likely N-dealkylation sites (tertiary alicyclic amines) is 1. The Morgan fingerprint density at radius 1 is 1.19 bits per heavy atom. The molecule has 0 bridgehead atoms. The van der Waals surface area contributed by atoms with Crippen molar-refractivity contribution in [3.05, 3.63) is 24.0 Å². The van der Waals surface area contributed by atoms with Crippen molar-refractivity contribution in [2.75, 3.05) is 23.7 Å². The number of hydrogen-bond donors (Lipinski definition) is 2. The van der Waals surface area contributed by atoms with Gasteiger partial charge in [0.1, 0.15) is 5.82 Å². The first-order valence-corrected chi connectivity index (χ1v) is 8.75. The number of benzene rings is 1. The van der Waals surface area contributed by atoms with E-state index < -0.39 is 17.1 Å². The molecule has 2 N–H and O–H groups in total. The van der Waals surface area contributed by atoms with Crippen molar-refractivity contribution in [3.8, 4) is 0 Å². The molecule has 3 amide bonds. The standard InChI is InChI=1S/C19H26FN3O3/c1-12(24)21-16-10-14(7-8-15(16)20)22-17(25)13-6-5-9-23(11-13)18(26)19(2,3)4/h7-8,10,13H,5-6,9,11H2,1-4H3,(H,21,24)(H,22,25). The molecule has 1 fully saturated rings. The van der Waals surface area contributed by atoms with Gasteiger partial charge in [0, 0.05) is 31.1 Å². The average Bonchev–Trinajstić information content (AvgIpc) is 2.56. The van der Waals surface area contributed by atoms with Crippen LogP contribution in [0.2, 0.25) is 0 Å². The minimum absolute atomic E-state index is 0.0171. The van der Waals surface area contributed by atoms with Crippen molar-refractivity contribution in [1.82, 2.24) is 4.90 Å². The largest absolute Gasteiger partial charge is 0.341 e. The Morgan fingerprint density at radius 2 is 1.88 bits per heavy atom. The molecule has 142 valence electrons. The number of halogens is 1. The van der Waals surface area contributed by atoms with Crippen LogP contribution in [0.1, 0.15) is 40.5 Å². The van der Waals surface area contributed by atoms with Crippen molar-refractivity contribution in [2.45, 2.75) is 40.5 Å². The molecule has 1 saturated heterocycles. The van der Waals surface area contributed by atoms with Gasteiger partial charge in [-0.15, -0.1) is 0 Å². The van der Waals surface area contributed by atoms with Gasteiger partial charge in [0.25, 0.3) is 0 Å². The summed E-state index contributed by atoms with van der Waals surface area (Å²) < 4.78 is 13.7. The summed E-state index contributed by atoms with van der Waals surface area (Å²) in [5.74, 6) is -1.46. The normalized spacial score (nSPS) is 17.6. The molecule has 0 aliphatic carbocycles. The molecule has 1 aliphatic heterocycles. The van der Waals surface area contributed by atoms with Gasteiger partial charge < -0.3 is 15.5 Å². The zero-order chi connectivity index (χ0) is 19.5. The second-order valence-corrected chi connectivity index (χ2v) is 7.71. The molecule has 26 heavy (non-hydrogen) atoms. The van der Waals surface area contributed by atoms with Crippen molar-refractivity contribution in [2.24, 2.45) is 11.3 Å². The molecule has 6 nitrogen and oxygen atoms in total. The molecule has 0 radical (unpaired) electrons. The lowest BCUT2D eigenvalue weighted by Gasteiger charge is -2.35. The van der Waals surface area contributed by atoms with Gasteiger partial charge >= 0.3 is 0 Å². The SMILES string of the molecule is CC(=O)Nc1cc(NC(=O)C2CCCN(C(=O)C(C)(C)C)C2)ccc1F. The maximum Gasteiger partial charge on any atom is 0.229 e. The van der Waals surface area contributed by atoms with Gasteiger partial charge in [0.2, 0.25) is 17.7 Å². The molecule has 1 aromatic rings. The highest BCUT2D eigenvalue weighted by Gasteiger charge is 2.33. The third-order valence-corrected chi connectivity index (χ3v) is 4.27. The van der Waals surface area contributed by atoms with Crippen LogP contribution in [-0.2, 0) is 14.4 Å². The van der Waals surface area contributed by atoms with Crippen LogP contribution >= 0.6 is 0 Å². The Labute approximate surface area is 153 Å². The summed E-state index contributed by atoms with van der Waals surface area (Å²) in [6.07, 6.45) is 1.46. The molecular weight excluding hydrogens is 337 g/mol. The molecular formula is C19H26FN3O3. The van der Waals surface area contributed by atoms with Crippen molar-refractivity contribution in [3.63, 3.8) is 0 Å². The summed E-state index contributed by atoms with van der Waals surface area (Å²) in [5, 5.41) is 5.14. The lowest BCUT2D eigenvalue weighted by molar-refractivity contribution is -0.142. The summed E-state index contributed by atoms with van der Waals surface area (Å²) in [6.45, 7) is 7.90. The monoisotopic (exact) mass is 363 g/mol. The maximum atomic E-state index is 13.7. The number of amides is 3. The van der Waals surface area contributed by atoms with E-state index in [2.05, 4.69) is 10.6 Å². The van der Waals surface area contributed by atoms with Crippen molar-refractivity contribution < 1.29 is 18.8 Å². The number of nitrogens with zero attached hydrogens (tertiary/aromatic N) is 1. The first-order chi connectivity index (χ1) is 12.1. The van der Waals surface area contributed by atoms with E-state index in [0.717, 1.165) is 6.42 Å².